The maximum absolute atomic E-state index is 10.8. The van der Waals surface area contributed by atoms with Crippen molar-refractivity contribution >= 4 is 11.4 Å². The summed E-state index contributed by atoms with van der Waals surface area (Å²) in [6, 6.07) is 5.71. The molecule has 0 saturated carbocycles. The number of pyridine rings is 1. The first kappa shape index (κ1) is 8.87. The van der Waals surface area contributed by atoms with Gasteiger partial charge in [0.1, 0.15) is 5.78 Å². The Morgan fingerprint density at radius 3 is 3.07 bits per heavy atom. The summed E-state index contributed by atoms with van der Waals surface area (Å²) < 4.78 is 1.72. The van der Waals surface area contributed by atoms with Crippen molar-refractivity contribution in [3.05, 3.63) is 30.2 Å². The zero-order valence-corrected chi connectivity index (χ0v) is 7.97. The van der Waals surface area contributed by atoms with Gasteiger partial charge in [-0.15, -0.1) is 0 Å². The van der Waals surface area contributed by atoms with Crippen molar-refractivity contribution in [2.24, 2.45) is 0 Å². The first-order valence-electron chi connectivity index (χ1n) is 4.55. The molecule has 0 saturated heterocycles. The minimum Gasteiger partial charge on any atom is -0.300 e. The van der Waals surface area contributed by atoms with Gasteiger partial charge in [-0.2, -0.15) is 5.10 Å². The van der Waals surface area contributed by atoms with E-state index in [1.165, 1.54) is 0 Å². The second-order valence-corrected chi connectivity index (χ2v) is 3.23. The highest BCUT2D eigenvalue weighted by molar-refractivity contribution is 5.75. The number of carbonyl (C=O) groups is 1. The topological polar surface area (TPSA) is 47.3 Å². The van der Waals surface area contributed by atoms with Gasteiger partial charge in [-0.25, -0.2) is 9.50 Å². The summed E-state index contributed by atoms with van der Waals surface area (Å²) in [7, 11) is 0. The Morgan fingerprint density at radius 2 is 2.36 bits per heavy atom. The largest absolute Gasteiger partial charge is 0.300 e. The molecule has 0 atom stereocenters. The first-order valence-corrected chi connectivity index (χ1v) is 4.55. The van der Waals surface area contributed by atoms with Crippen LogP contribution in [0.1, 0.15) is 19.2 Å². The van der Waals surface area contributed by atoms with Crippen molar-refractivity contribution in [2.75, 3.05) is 0 Å². The van der Waals surface area contributed by atoms with Crippen LogP contribution in [0.4, 0.5) is 0 Å². The van der Waals surface area contributed by atoms with Gasteiger partial charge < -0.3 is 4.79 Å². The van der Waals surface area contributed by atoms with E-state index in [0.717, 1.165) is 11.5 Å². The van der Waals surface area contributed by atoms with E-state index in [9.17, 15) is 4.79 Å². The van der Waals surface area contributed by atoms with Crippen molar-refractivity contribution in [1.82, 2.24) is 14.6 Å². The molecule has 14 heavy (non-hydrogen) atoms. The molecule has 0 radical (unpaired) electrons. The number of hydrogen-bond donors (Lipinski definition) is 0. The van der Waals surface area contributed by atoms with Crippen molar-refractivity contribution in [2.45, 2.75) is 19.8 Å². The van der Waals surface area contributed by atoms with Gasteiger partial charge in [0.2, 0.25) is 0 Å². The fourth-order valence-electron chi connectivity index (χ4n) is 1.27. The van der Waals surface area contributed by atoms with Crippen LogP contribution in [0.3, 0.4) is 0 Å². The molecule has 4 nitrogen and oxygen atoms in total. The lowest BCUT2D eigenvalue weighted by atomic mass is 10.2. The summed E-state index contributed by atoms with van der Waals surface area (Å²) in [6.45, 7) is 1.58. The summed E-state index contributed by atoms with van der Waals surface area (Å²) in [5.74, 6) is 0.898. The van der Waals surface area contributed by atoms with Crippen molar-refractivity contribution < 1.29 is 4.79 Å². The highest BCUT2D eigenvalue weighted by Crippen LogP contribution is 2.02. The number of nitrogens with zero attached hydrogens (tertiary/aromatic N) is 3. The SMILES string of the molecule is CC(=O)CCc1nc2ccccn2n1. The molecular weight excluding hydrogens is 178 g/mol. The average Bonchev–Trinajstić information content (AvgIpc) is 2.57. The number of fused-ring (bicyclic) bond motifs is 1. The lowest BCUT2D eigenvalue weighted by Crippen LogP contribution is -1.96. The Morgan fingerprint density at radius 1 is 1.50 bits per heavy atom. The highest BCUT2D eigenvalue weighted by atomic mass is 16.1. The minimum absolute atomic E-state index is 0.170. The van der Waals surface area contributed by atoms with Gasteiger partial charge in [0.05, 0.1) is 0 Å². The Labute approximate surface area is 81.6 Å². The average molecular weight is 189 g/mol. The standard InChI is InChI=1S/C10H11N3O/c1-8(14)5-6-9-11-10-4-2-3-7-13(10)12-9/h2-4,7H,5-6H2,1H3. The second kappa shape index (κ2) is 3.57. The Hall–Kier alpha value is -1.71. The summed E-state index contributed by atoms with van der Waals surface area (Å²) in [6.07, 6.45) is 2.98. The molecule has 0 bridgehead atoms. The molecule has 0 unspecified atom stereocenters. The number of aromatic nitrogens is 3. The molecule has 72 valence electrons. The van der Waals surface area contributed by atoms with Gasteiger partial charge in [-0.05, 0) is 19.1 Å². The lowest BCUT2D eigenvalue weighted by Gasteiger charge is -1.88. The molecule has 0 aliphatic heterocycles. The molecule has 0 aliphatic carbocycles. The quantitative estimate of drug-likeness (QED) is 0.730. The van der Waals surface area contributed by atoms with E-state index in [2.05, 4.69) is 10.1 Å². The molecule has 0 amide bonds. The third kappa shape index (κ3) is 1.79. The van der Waals surface area contributed by atoms with Crippen LogP contribution in [0.5, 0.6) is 0 Å². The summed E-state index contributed by atoms with van der Waals surface area (Å²) in [5.41, 5.74) is 0.825. The molecular formula is C10H11N3O. The van der Waals surface area contributed by atoms with E-state index < -0.39 is 0 Å². The lowest BCUT2D eigenvalue weighted by molar-refractivity contribution is -0.117. The van der Waals surface area contributed by atoms with Gasteiger partial charge in [-0.1, -0.05) is 6.07 Å². The first-order chi connectivity index (χ1) is 6.75. The molecule has 2 rings (SSSR count). The molecule has 0 fully saturated rings. The van der Waals surface area contributed by atoms with Crippen LogP contribution in [0.15, 0.2) is 24.4 Å². The summed E-state index contributed by atoms with van der Waals surface area (Å²) in [5, 5.41) is 4.24. The molecule has 2 aromatic rings. The number of aryl methyl sites for hydroxylation is 1. The second-order valence-electron chi connectivity index (χ2n) is 3.23. The zero-order valence-electron chi connectivity index (χ0n) is 7.97. The van der Waals surface area contributed by atoms with E-state index in [1.54, 1.807) is 11.4 Å². The van der Waals surface area contributed by atoms with Crippen molar-refractivity contribution in [1.29, 1.82) is 0 Å². The Kier molecular flexibility index (Phi) is 2.26. The van der Waals surface area contributed by atoms with Crippen molar-refractivity contribution in [3.8, 4) is 0 Å². The fraction of sp³-hybridized carbons (Fsp3) is 0.300. The van der Waals surface area contributed by atoms with Gasteiger partial charge in [0.15, 0.2) is 11.5 Å². The normalized spacial score (nSPS) is 10.6. The molecule has 4 heteroatoms. The summed E-state index contributed by atoms with van der Waals surface area (Å²) in [4.78, 5) is 15.1. The molecule has 2 aromatic heterocycles. The number of Topliss-reactive ketones (excluding diaryl/α,β-unsaturated/α-hetero) is 1. The monoisotopic (exact) mass is 189 g/mol. The van der Waals surface area contributed by atoms with Gasteiger partial charge in [-0.3, -0.25) is 0 Å². The van der Waals surface area contributed by atoms with E-state index in [4.69, 9.17) is 0 Å². The van der Waals surface area contributed by atoms with E-state index in [0.29, 0.717) is 12.8 Å². The predicted octanol–water partition coefficient (Wildman–Crippen LogP) is 1.25. The predicted molar refractivity (Wildman–Crippen MR) is 52.0 cm³/mol. The highest BCUT2D eigenvalue weighted by Gasteiger charge is 2.03. The van der Waals surface area contributed by atoms with Crippen molar-refractivity contribution in [3.63, 3.8) is 0 Å². The fourth-order valence-corrected chi connectivity index (χ4v) is 1.27. The molecule has 0 aliphatic rings. The van der Waals surface area contributed by atoms with Gasteiger partial charge in [0, 0.05) is 19.0 Å². The van der Waals surface area contributed by atoms with E-state index in [-0.39, 0.29) is 5.78 Å². The minimum atomic E-state index is 0.170. The Balaban J connectivity index is 2.22. The van der Waals surface area contributed by atoms with E-state index in [1.807, 2.05) is 24.4 Å². The number of ketones is 1. The third-order valence-electron chi connectivity index (χ3n) is 1.99. The molecule has 0 aromatic carbocycles. The van der Waals surface area contributed by atoms with Crippen LogP contribution in [0.25, 0.3) is 5.65 Å². The third-order valence-corrected chi connectivity index (χ3v) is 1.99. The maximum atomic E-state index is 10.8. The zero-order chi connectivity index (χ0) is 9.97. The molecule has 0 N–H and O–H groups in total. The van der Waals surface area contributed by atoms with Gasteiger partial charge in [0.25, 0.3) is 0 Å². The van der Waals surface area contributed by atoms with Crippen LogP contribution < -0.4 is 0 Å². The number of rotatable bonds is 3. The van der Waals surface area contributed by atoms with Crippen LogP contribution in [0, 0.1) is 0 Å². The summed E-state index contributed by atoms with van der Waals surface area (Å²) >= 11 is 0. The maximum Gasteiger partial charge on any atom is 0.155 e. The van der Waals surface area contributed by atoms with Crippen LogP contribution in [-0.2, 0) is 11.2 Å². The van der Waals surface area contributed by atoms with Crippen LogP contribution in [-0.4, -0.2) is 20.4 Å². The van der Waals surface area contributed by atoms with Crippen LogP contribution in [0.2, 0.25) is 0 Å². The number of hydrogen-bond acceptors (Lipinski definition) is 3. The number of carbonyl (C=O) groups excluding carboxylic acids is 1. The van der Waals surface area contributed by atoms with Crippen LogP contribution >= 0.6 is 0 Å². The molecule has 2 heterocycles. The Bertz CT molecular complexity index is 428. The van der Waals surface area contributed by atoms with Gasteiger partial charge >= 0.3 is 0 Å². The smallest absolute Gasteiger partial charge is 0.155 e. The van der Waals surface area contributed by atoms with E-state index >= 15 is 0 Å². The molecule has 0 spiro atoms.